The van der Waals surface area contributed by atoms with E-state index >= 15 is 0 Å². The molecule has 1 amide bonds. The zero-order chi connectivity index (χ0) is 24.6. The number of hydrogen-bond donors (Lipinski definition) is 0. The Kier molecular flexibility index (Phi) is 6.07. The van der Waals surface area contributed by atoms with Crippen molar-refractivity contribution in [2.45, 2.75) is 46.0 Å². The van der Waals surface area contributed by atoms with Crippen LogP contribution in [0.2, 0.25) is 0 Å². The number of carbonyl (C=O) groups is 1. The lowest BCUT2D eigenvalue weighted by molar-refractivity contribution is -0.135. The zero-order valence-corrected chi connectivity index (χ0v) is 21.1. The number of hydrogen-bond acceptors (Lipinski definition) is 6. The summed E-state index contributed by atoms with van der Waals surface area (Å²) < 4.78 is 5.80. The number of nitrogens with zero attached hydrogens (tertiary/aromatic N) is 5. The van der Waals surface area contributed by atoms with Crippen LogP contribution in [0.4, 0.5) is 5.82 Å². The van der Waals surface area contributed by atoms with Crippen LogP contribution in [0.1, 0.15) is 45.4 Å². The standard InChI is InChI=1S/C29H33N5O2/c1-19(2)17-24-30-27(33-13-15-34(16-14-33)29(35)21-8-4-5-9-21)25-26(32-36-28(25)31-24)23-12-11-20-7-3-6-10-22(20)18-23/h3,6-7,10-12,18-19,21H,4-5,8-9,13-17H2,1-2H3. The number of benzene rings is 2. The molecule has 2 aromatic heterocycles. The Morgan fingerprint density at radius 1 is 1.00 bits per heavy atom. The molecule has 0 unspecified atom stereocenters. The SMILES string of the molecule is CC(C)Cc1nc(N2CCN(C(=O)C3CCCC3)CC2)c2c(-c3ccc4ccccc4c3)noc2n1. The van der Waals surface area contributed by atoms with Crippen LogP contribution < -0.4 is 4.90 Å². The Bertz CT molecular complexity index is 1400. The first kappa shape index (κ1) is 23.0. The Balaban J connectivity index is 1.36. The fraction of sp³-hybridized carbons (Fsp3) is 0.448. The van der Waals surface area contributed by atoms with Gasteiger partial charge in [-0.3, -0.25) is 4.79 Å². The summed E-state index contributed by atoms with van der Waals surface area (Å²) in [5.41, 5.74) is 2.29. The summed E-state index contributed by atoms with van der Waals surface area (Å²) in [6, 6.07) is 14.7. The highest BCUT2D eigenvalue weighted by Gasteiger charge is 2.31. The third kappa shape index (κ3) is 4.31. The van der Waals surface area contributed by atoms with E-state index in [-0.39, 0.29) is 5.92 Å². The van der Waals surface area contributed by atoms with Gasteiger partial charge in [0.25, 0.3) is 5.71 Å². The van der Waals surface area contributed by atoms with Crippen LogP contribution in [0.25, 0.3) is 33.1 Å². The maximum Gasteiger partial charge on any atom is 0.263 e. The van der Waals surface area contributed by atoms with Gasteiger partial charge in [-0.25, -0.2) is 4.98 Å². The van der Waals surface area contributed by atoms with Crippen LogP contribution in [-0.4, -0.2) is 52.1 Å². The lowest BCUT2D eigenvalue weighted by Gasteiger charge is -2.36. The molecular weight excluding hydrogens is 450 g/mol. The maximum absolute atomic E-state index is 13.0. The number of aromatic nitrogens is 3. The lowest BCUT2D eigenvalue weighted by Crippen LogP contribution is -2.50. The van der Waals surface area contributed by atoms with E-state index in [2.05, 4.69) is 59.1 Å². The van der Waals surface area contributed by atoms with Gasteiger partial charge in [-0.1, -0.05) is 68.2 Å². The predicted octanol–water partition coefficient (Wildman–Crippen LogP) is 5.48. The molecule has 3 heterocycles. The smallest absolute Gasteiger partial charge is 0.263 e. The first-order chi connectivity index (χ1) is 17.6. The van der Waals surface area contributed by atoms with Gasteiger partial charge in [-0.2, -0.15) is 4.98 Å². The second-order valence-electron chi connectivity index (χ2n) is 10.6. The van der Waals surface area contributed by atoms with Crippen molar-refractivity contribution in [3.8, 4) is 11.3 Å². The van der Waals surface area contributed by atoms with Crippen molar-refractivity contribution in [2.75, 3.05) is 31.1 Å². The fourth-order valence-electron chi connectivity index (χ4n) is 5.67. The predicted molar refractivity (Wildman–Crippen MR) is 142 cm³/mol. The summed E-state index contributed by atoms with van der Waals surface area (Å²) in [5, 5.41) is 7.67. The van der Waals surface area contributed by atoms with E-state index in [9.17, 15) is 4.79 Å². The highest BCUT2D eigenvalue weighted by Crippen LogP contribution is 2.36. The van der Waals surface area contributed by atoms with Crippen LogP contribution >= 0.6 is 0 Å². The van der Waals surface area contributed by atoms with Crippen molar-refractivity contribution in [3.05, 3.63) is 48.3 Å². The van der Waals surface area contributed by atoms with E-state index in [4.69, 9.17) is 14.5 Å². The van der Waals surface area contributed by atoms with Crippen molar-refractivity contribution in [3.63, 3.8) is 0 Å². The third-order valence-electron chi connectivity index (χ3n) is 7.57. The molecule has 0 bridgehead atoms. The second-order valence-corrected chi connectivity index (χ2v) is 10.6. The van der Waals surface area contributed by atoms with E-state index in [0.29, 0.717) is 17.5 Å². The fourth-order valence-corrected chi connectivity index (χ4v) is 5.67. The number of rotatable bonds is 5. The molecule has 1 saturated heterocycles. The molecule has 7 nitrogen and oxygen atoms in total. The molecule has 1 aliphatic heterocycles. The van der Waals surface area contributed by atoms with Crippen molar-refractivity contribution in [2.24, 2.45) is 11.8 Å². The number of amides is 1. The molecule has 4 aromatic rings. The van der Waals surface area contributed by atoms with E-state index in [1.165, 1.54) is 18.2 Å². The van der Waals surface area contributed by atoms with E-state index in [1.54, 1.807) is 0 Å². The van der Waals surface area contributed by atoms with Crippen LogP contribution in [0, 0.1) is 11.8 Å². The minimum atomic E-state index is 0.220. The Morgan fingerprint density at radius 2 is 1.75 bits per heavy atom. The lowest BCUT2D eigenvalue weighted by atomic mass is 10.0. The molecule has 6 rings (SSSR count). The van der Waals surface area contributed by atoms with Crippen molar-refractivity contribution in [1.82, 2.24) is 20.0 Å². The minimum absolute atomic E-state index is 0.220. The number of piperazine rings is 1. The quantitative estimate of drug-likeness (QED) is 0.374. The van der Waals surface area contributed by atoms with Gasteiger partial charge in [0, 0.05) is 44.1 Å². The molecule has 36 heavy (non-hydrogen) atoms. The summed E-state index contributed by atoms with van der Waals surface area (Å²) in [5.74, 6) is 2.63. The molecule has 7 heteroatoms. The van der Waals surface area contributed by atoms with Gasteiger partial charge in [0.15, 0.2) is 0 Å². The van der Waals surface area contributed by atoms with Crippen LogP contribution in [0.3, 0.4) is 0 Å². The zero-order valence-electron chi connectivity index (χ0n) is 21.1. The molecule has 0 atom stereocenters. The average Bonchev–Trinajstić information content (AvgIpc) is 3.58. The first-order valence-electron chi connectivity index (χ1n) is 13.3. The van der Waals surface area contributed by atoms with Gasteiger partial charge in [0.05, 0.1) is 0 Å². The van der Waals surface area contributed by atoms with Gasteiger partial charge in [-0.05, 0) is 35.6 Å². The maximum atomic E-state index is 13.0. The van der Waals surface area contributed by atoms with Crippen LogP contribution in [-0.2, 0) is 11.2 Å². The van der Waals surface area contributed by atoms with Gasteiger partial charge in [0.1, 0.15) is 22.7 Å². The number of anilines is 1. The Morgan fingerprint density at radius 3 is 2.50 bits per heavy atom. The second kappa shape index (κ2) is 9.52. The van der Waals surface area contributed by atoms with Gasteiger partial charge < -0.3 is 14.3 Å². The topological polar surface area (TPSA) is 75.4 Å². The third-order valence-corrected chi connectivity index (χ3v) is 7.57. The Hall–Kier alpha value is -3.48. The van der Waals surface area contributed by atoms with E-state index in [1.807, 2.05) is 12.1 Å². The summed E-state index contributed by atoms with van der Waals surface area (Å²) >= 11 is 0. The van der Waals surface area contributed by atoms with Crippen molar-refractivity contribution >= 4 is 33.6 Å². The minimum Gasteiger partial charge on any atom is -0.352 e. The Labute approximate surface area is 211 Å². The van der Waals surface area contributed by atoms with Crippen LogP contribution in [0.15, 0.2) is 47.0 Å². The highest BCUT2D eigenvalue weighted by atomic mass is 16.5. The van der Waals surface area contributed by atoms with Gasteiger partial charge in [0.2, 0.25) is 5.91 Å². The summed E-state index contributed by atoms with van der Waals surface area (Å²) in [6.07, 6.45) is 5.22. The van der Waals surface area contributed by atoms with Crippen molar-refractivity contribution < 1.29 is 9.32 Å². The molecule has 2 fully saturated rings. The number of fused-ring (bicyclic) bond motifs is 2. The normalized spacial score (nSPS) is 17.1. The monoisotopic (exact) mass is 483 g/mol. The molecule has 2 aliphatic rings. The molecule has 0 spiro atoms. The summed E-state index contributed by atoms with van der Waals surface area (Å²) in [7, 11) is 0. The molecular formula is C29H33N5O2. The van der Waals surface area contributed by atoms with Crippen molar-refractivity contribution in [1.29, 1.82) is 0 Å². The largest absolute Gasteiger partial charge is 0.352 e. The molecule has 0 N–H and O–H groups in total. The number of carbonyl (C=O) groups excluding carboxylic acids is 1. The highest BCUT2D eigenvalue weighted by molar-refractivity contribution is 6.00. The summed E-state index contributed by atoms with van der Waals surface area (Å²) in [6.45, 7) is 7.26. The van der Waals surface area contributed by atoms with Gasteiger partial charge in [-0.15, -0.1) is 0 Å². The molecule has 1 aliphatic carbocycles. The van der Waals surface area contributed by atoms with Gasteiger partial charge >= 0.3 is 0 Å². The molecule has 2 aromatic carbocycles. The van der Waals surface area contributed by atoms with E-state index < -0.39 is 0 Å². The molecule has 1 saturated carbocycles. The van der Waals surface area contributed by atoms with Crippen LogP contribution in [0.5, 0.6) is 0 Å². The first-order valence-corrected chi connectivity index (χ1v) is 13.3. The summed E-state index contributed by atoms with van der Waals surface area (Å²) in [4.78, 5) is 27.1. The molecule has 0 radical (unpaired) electrons. The van der Waals surface area contributed by atoms with E-state index in [0.717, 1.165) is 79.1 Å². The average molecular weight is 484 g/mol. The molecule has 186 valence electrons.